The summed E-state index contributed by atoms with van der Waals surface area (Å²) in [4.78, 5) is 16.2. The topological polar surface area (TPSA) is 35.6 Å². The Morgan fingerprint density at radius 1 is 1.29 bits per heavy atom. The van der Waals surface area contributed by atoms with Crippen molar-refractivity contribution >= 4 is 17.6 Å². The Hall–Kier alpha value is -1.26. The van der Waals surface area contributed by atoms with Gasteiger partial charge in [0.1, 0.15) is 0 Å². The summed E-state index contributed by atoms with van der Waals surface area (Å²) in [5.41, 5.74) is 0.968. The number of carbonyl (C=O) groups excluding carboxylic acids is 1. The minimum Gasteiger partial charge on any atom is -0.336 e. The van der Waals surface area contributed by atoms with Crippen LogP contribution in [0.25, 0.3) is 0 Å². The number of urea groups is 1. The van der Waals surface area contributed by atoms with Gasteiger partial charge in [-0.25, -0.2) is 4.79 Å². The number of carbonyl (C=O) groups is 1. The highest BCUT2D eigenvalue weighted by Gasteiger charge is 2.15. The van der Waals surface area contributed by atoms with Crippen LogP contribution in [0, 0.1) is 0 Å². The molecule has 0 saturated heterocycles. The molecule has 4 nitrogen and oxygen atoms in total. The van der Waals surface area contributed by atoms with Gasteiger partial charge in [0.25, 0.3) is 0 Å². The third kappa shape index (κ3) is 5.56. The molecular formula is C16H26ClN3O. The lowest BCUT2D eigenvalue weighted by molar-refractivity contribution is 0.192. The Labute approximate surface area is 133 Å². The summed E-state index contributed by atoms with van der Waals surface area (Å²) >= 11 is 6.16. The number of benzene rings is 1. The van der Waals surface area contributed by atoms with Gasteiger partial charge in [-0.05, 0) is 39.1 Å². The predicted octanol–water partition coefficient (Wildman–Crippen LogP) is 3.21. The van der Waals surface area contributed by atoms with E-state index in [9.17, 15) is 4.79 Å². The van der Waals surface area contributed by atoms with Crippen LogP contribution in [0.4, 0.5) is 4.79 Å². The molecule has 2 amide bonds. The molecule has 1 N–H and O–H groups in total. The van der Waals surface area contributed by atoms with Crippen LogP contribution in [0.5, 0.6) is 0 Å². The predicted molar refractivity (Wildman–Crippen MR) is 88.7 cm³/mol. The molecule has 0 aliphatic rings. The van der Waals surface area contributed by atoms with Crippen molar-refractivity contribution in [2.75, 3.05) is 27.2 Å². The van der Waals surface area contributed by atoms with E-state index in [0.717, 1.165) is 12.0 Å². The second kappa shape index (κ2) is 8.90. The Kier molecular flexibility index (Phi) is 7.54. The van der Waals surface area contributed by atoms with Crippen molar-refractivity contribution in [1.29, 1.82) is 0 Å². The van der Waals surface area contributed by atoms with E-state index in [-0.39, 0.29) is 6.03 Å². The summed E-state index contributed by atoms with van der Waals surface area (Å²) in [7, 11) is 4.06. The van der Waals surface area contributed by atoms with E-state index in [1.807, 2.05) is 45.3 Å². The van der Waals surface area contributed by atoms with Crippen molar-refractivity contribution in [2.24, 2.45) is 0 Å². The zero-order valence-corrected chi connectivity index (χ0v) is 14.2. The van der Waals surface area contributed by atoms with Crippen molar-refractivity contribution in [1.82, 2.24) is 15.1 Å². The number of likely N-dealkylation sites (N-methyl/N-ethyl adjacent to an activating group) is 1. The summed E-state index contributed by atoms with van der Waals surface area (Å²) in [6.07, 6.45) is 1.00. The van der Waals surface area contributed by atoms with Crippen molar-refractivity contribution in [3.63, 3.8) is 0 Å². The lowest BCUT2D eigenvalue weighted by Crippen LogP contribution is -2.45. The summed E-state index contributed by atoms with van der Waals surface area (Å²) in [5, 5.41) is 3.71. The van der Waals surface area contributed by atoms with Crippen LogP contribution >= 0.6 is 11.6 Å². The van der Waals surface area contributed by atoms with Gasteiger partial charge in [0.05, 0.1) is 0 Å². The first-order valence-electron chi connectivity index (χ1n) is 7.42. The maximum Gasteiger partial charge on any atom is 0.317 e. The summed E-state index contributed by atoms with van der Waals surface area (Å²) < 4.78 is 0. The molecule has 5 heteroatoms. The first-order chi connectivity index (χ1) is 9.99. The van der Waals surface area contributed by atoms with Crippen LogP contribution in [-0.4, -0.2) is 49.1 Å². The molecule has 0 fully saturated rings. The summed E-state index contributed by atoms with van der Waals surface area (Å²) in [5.74, 6) is 0. The zero-order chi connectivity index (χ0) is 15.8. The van der Waals surface area contributed by atoms with Gasteiger partial charge in [-0.3, -0.25) is 0 Å². The van der Waals surface area contributed by atoms with E-state index in [2.05, 4.69) is 17.1 Å². The number of amides is 2. The molecule has 118 valence electrons. The second-order valence-electron chi connectivity index (χ2n) is 5.32. The molecule has 0 spiro atoms. The van der Waals surface area contributed by atoms with E-state index in [1.54, 1.807) is 4.90 Å². The number of rotatable bonds is 7. The van der Waals surface area contributed by atoms with E-state index in [0.29, 0.717) is 30.7 Å². The normalized spacial score (nSPS) is 12.3. The van der Waals surface area contributed by atoms with Gasteiger partial charge in [-0.2, -0.15) is 0 Å². The van der Waals surface area contributed by atoms with Crippen LogP contribution in [0.3, 0.4) is 0 Å². The van der Waals surface area contributed by atoms with Gasteiger partial charge < -0.3 is 15.1 Å². The van der Waals surface area contributed by atoms with Crippen molar-refractivity contribution in [3.8, 4) is 0 Å². The van der Waals surface area contributed by atoms with Crippen molar-refractivity contribution < 1.29 is 4.79 Å². The number of nitrogens with one attached hydrogen (secondary N) is 1. The largest absolute Gasteiger partial charge is 0.336 e. The van der Waals surface area contributed by atoms with Crippen molar-refractivity contribution in [3.05, 3.63) is 34.9 Å². The fourth-order valence-electron chi connectivity index (χ4n) is 2.17. The van der Waals surface area contributed by atoms with Crippen LogP contribution in [0.2, 0.25) is 5.02 Å². The average molecular weight is 312 g/mol. The van der Waals surface area contributed by atoms with Crippen LogP contribution in [-0.2, 0) is 6.54 Å². The minimum atomic E-state index is -0.0438. The molecular weight excluding hydrogens is 286 g/mol. The third-order valence-electron chi connectivity index (χ3n) is 3.68. The number of nitrogens with zero attached hydrogens (tertiary/aromatic N) is 2. The fourth-order valence-corrected chi connectivity index (χ4v) is 2.36. The molecule has 0 aliphatic carbocycles. The smallest absolute Gasteiger partial charge is 0.317 e. The SMILES string of the molecule is CC[C@@H](CNC(=O)N(CC)Cc1ccccc1Cl)N(C)C. The molecule has 0 radical (unpaired) electrons. The first-order valence-corrected chi connectivity index (χ1v) is 7.79. The highest BCUT2D eigenvalue weighted by atomic mass is 35.5. The maximum atomic E-state index is 12.3. The number of halogens is 1. The Bertz CT molecular complexity index is 451. The molecule has 1 atom stereocenters. The Morgan fingerprint density at radius 2 is 1.95 bits per heavy atom. The molecule has 1 rings (SSSR count). The molecule has 1 aromatic carbocycles. The van der Waals surface area contributed by atoms with Crippen molar-refractivity contribution in [2.45, 2.75) is 32.9 Å². The molecule has 0 saturated carbocycles. The van der Waals surface area contributed by atoms with E-state index in [4.69, 9.17) is 11.6 Å². The highest BCUT2D eigenvalue weighted by molar-refractivity contribution is 6.31. The lowest BCUT2D eigenvalue weighted by atomic mass is 10.2. The average Bonchev–Trinajstić information content (AvgIpc) is 2.46. The maximum absolute atomic E-state index is 12.3. The van der Waals surface area contributed by atoms with Gasteiger partial charge in [-0.15, -0.1) is 0 Å². The van der Waals surface area contributed by atoms with Gasteiger partial charge in [0.15, 0.2) is 0 Å². The van der Waals surface area contributed by atoms with Crippen LogP contribution < -0.4 is 5.32 Å². The van der Waals surface area contributed by atoms with E-state index in [1.165, 1.54) is 0 Å². The highest BCUT2D eigenvalue weighted by Crippen LogP contribution is 2.17. The molecule has 21 heavy (non-hydrogen) atoms. The summed E-state index contributed by atoms with van der Waals surface area (Å²) in [6.45, 7) is 5.93. The number of hydrogen-bond acceptors (Lipinski definition) is 2. The van der Waals surface area contributed by atoms with Crippen LogP contribution in [0.15, 0.2) is 24.3 Å². The second-order valence-corrected chi connectivity index (χ2v) is 5.72. The van der Waals surface area contributed by atoms with Gasteiger partial charge >= 0.3 is 6.03 Å². The third-order valence-corrected chi connectivity index (χ3v) is 4.05. The monoisotopic (exact) mass is 311 g/mol. The summed E-state index contributed by atoms with van der Waals surface area (Å²) in [6, 6.07) is 7.94. The van der Waals surface area contributed by atoms with Gasteiger partial charge in [0, 0.05) is 30.7 Å². The molecule has 0 aliphatic heterocycles. The van der Waals surface area contributed by atoms with Gasteiger partial charge in [-0.1, -0.05) is 36.7 Å². The quantitative estimate of drug-likeness (QED) is 0.839. The molecule has 1 aromatic rings. The standard InChI is InChI=1S/C16H26ClN3O/c1-5-14(19(3)4)11-18-16(21)20(6-2)12-13-9-7-8-10-15(13)17/h7-10,14H,5-6,11-12H2,1-4H3,(H,18,21)/t14-/m0/s1. The zero-order valence-electron chi connectivity index (χ0n) is 13.4. The Balaban J connectivity index is 2.59. The van der Waals surface area contributed by atoms with E-state index >= 15 is 0 Å². The van der Waals surface area contributed by atoms with E-state index < -0.39 is 0 Å². The Morgan fingerprint density at radius 3 is 2.48 bits per heavy atom. The fraction of sp³-hybridized carbons (Fsp3) is 0.562. The molecule has 0 heterocycles. The molecule has 0 unspecified atom stereocenters. The number of hydrogen-bond donors (Lipinski definition) is 1. The van der Waals surface area contributed by atoms with Gasteiger partial charge in [0.2, 0.25) is 0 Å². The lowest BCUT2D eigenvalue weighted by Gasteiger charge is -2.26. The molecule has 0 bridgehead atoms. The molecule has 0 aromatic heterocycles. The first kappa shape index (κ1) is 17.8. The van der Waals surface area contributed by atoms with Crippen LogP contribution in [0.1, 0.15) is 25.8 Å². The minimum absolute atomic E-state index is 0.0438.